The Morgan fingerprint density at radius 1 is 1.43 bits per heavy atom. The van der Waals surface area contributed by atoms with E-state index in [1.54, 1.807) is 17.0 Å². The molecule has 0 fully saturated rings. The second kappa shape index (κ2) is 9.06. The molecule has 114 valence electrons. The van der Waals surface area contributed by atoms with E-state index in [1.807, 2.05) is 7.05 Å². The van der Waals surface area contributed by atoms with Gasteiger partial charge < -0.3 is 10.2 Å². The molecule has 2 nitrogen and oxygen atoms in total. The van der Waals surface area contributed by atoms with Crippen molar-refractivity contribution in [2.75, 3.05) is 24.6 Å². The maximum atomic E-state index is 3.23. The summed E-state index contributed by atoms with van der Waals surface area (Å²) in [5.74, 6) is 0.736. The third-order valence-electron chi connectivity index (χ3n) is 4.35. The number of allylic oxidation sites excluding steroid dienone is 6. The summed E-state index contributed by atoms with van der Waals surface area (Å²) in [6, 6.07) is 0. The van der Waals surface area contributed by atoms with Gasteiger partial charge in [0.1, 0.15) is 0 Å². The maximum Gasteiger partial charge on any atom is 0.0430 e. The first-order chi connectivity index (χ1) is 9.90. The summed E-state index contributed by atoms with van der Waals surface area (Å²) in [5.41, 5.74) is 4.87. The minimum absolute atomic E-state index is 0. The van der Waals surface area contributed by atoms with Crippen molar-refractivity contribution in [1.82, 2.24) is 10.2 Å². The number of hydrogen-bond acceptors (Lipinski definition) is 2. The van der Waals surface area contributed by atoms with Crippen LogP contribution in [0.2, 0.25) is 0 Å². The first-order valence-corrected chi connectivity index (χ1v) is 10.4. The van der Waals surface area contributed by atoms with Crippen molar-refractivity contribution in [3.05, 3.63) is 41.6 Å². The van der Waals surface area contributed by atoms with Crippen molar-refractivity contribution in [3.63, 3.8) is 0 Å². The van der Waals surface area contributed by atoms with Gasteiger partial charge in [0.05, 0.1) is 0 Å². The number of fused-ring (bicyclic) bond motifs is 1. The van der Waals surface area contributed by atoms with Gasteiger partial charge in [0.15, 0.2) is 0 Å². The largest absolute Gasteiger partial charge is 0.375 e. The summed E-state index contributed by atoms with van der Waals surface area (Å²) >= 11 is 0.285. The zero-order valence-corrected chi connectivity index (χ0v) is 19.1. The molecule has 3 aliphatic rings. The van der Waals surface area contributed by atoms with Crippen LogP contribution in [0.3, 0.4) is 0 Å². The quantitative estimate of drug-likeness (QED) is 0.224. The number of nitrogens with zero attached hydrogens (tertiary/aromatic N) is 1. The molecule has 2 heterocycles. The molecule has 0 saturated heterocycles. The van der Waals surface area contributed by atoms with Gasteiger partial charge in [-0.3, -0.25) is 6.42 Å². The summed E-state index contributed by atoms with van der Waals surface area (Å²) < 4.78 is 4.04. The van der Waals surface area contributed by atoms with E-state index in [4.69, 9.17) is 0 Å². The standard InChI is InChI=1S/C17H24IN2.U/c1-19-11-4-12-20-16-6-3-2-5-14(16)7-8-15-9-10-18-13-17(15)20;/h2-4,6,13-14,19H,5,7-12H2,1H3;/q-1;. The normalized spacial score (nSPS) is 24.3. The molecule has 0 aromatic heterocycles. The van der Waals surface area contributed by atoms with E-state index in [0.717, 1.165) is 19.0 Å². The minimum Gasteiger partial charge on any atom is -0.375 e. The van der Waals surface area contributed by atoms with Crippen molar-refractivity contribution in [1.29, 1.82) is 0 Å². The Kier molecular flexibility index (Phi) is 7.75. The van der Waals surface area contributed by atoms with Gasteiger partial charge >= 0.3 is 0 Å². The second-order valence-electron chi connectivity index (χ2n) is 5.64. The van der Waals surface area contributed by atoms with Gasteiger partial charge in [0, 0.05) is 48.4 Å². The Hall–Kier alpha value is 0.632. The molecule has 0 aromatic carbocycles. The minimum atomic E-state index is 0. The van der Waals surface area contributed by atoms with Gasteiger partial charge in [-0.1, -0.05) is 18.7 Å². The maximum absolute atomic E-state index is 3.23. The van der Waals surface area contributed by atoms with Crippen LogP contribution in [0.15, 0.2) is 35.2 Å². The van der Waals surface area contributed by atoms with Gasteiger partial charge in [0.25, 0.3) is 0 Å². The van der Waals surface area contributed by atoms with E-state index >= 15 is 0 Å². The van der Waals surface area contributed by atoms with E-state index in [1.165, 1.54) is 30.1 Å². The summed E-state index contributed by atoms with van der Waals surface area (Å²) in [4.78, 5) is 2.62. The molecule has 2 aliphatic heterocycles. The summed E-state index contributed by atoms with van der Waals surface area (Å²) in [7, 11) is 2.02. The molecule has 0 amide bonds. The van der Waals surface area contributed by atoms with E-state index in [9.17, 15) is 0 Å². The number of nitrogens with one attached hydrogen (secondary N) is 1. The summed E-state index contributed by atoms with van der Waals surface area (Å²) in [6.07, 6.45) is 14.5. The molecule has 4 heteroatoms. The van der Waals surface area contributed by atoms with Crippen LogP contribution in [0.1, 0.15) is 25.7 Å². The Morgan fingerprint density at radius 3 is 3.19 bits per heavy atom. The first-order valence-electron chi connectivity index (χ1n) is 7.63. The zero-order valence-electron chi connectivity index (χ0n) is 12.7. The molecule has 1 N–H and O–H groups in total. The third-order valence-corrected chi connectivity index (χ3v) is 6.54. The average Bonchev–Trinajstić information content (AvgIpc) is 2.66. The summed E-state index contributed by atoms with van der Waals surface area (Å²) in [6.45, 7) is 2.04. The summed E-state index contributed by atoms with van der Waals surface area (Å²) in [5, 5.41) is 3.23. The Bertz CT molecular complexity index is 479. The molecular weight excluding hydrogens is 597 g/mol. The van der Waals surface area contributed by atoms with Crippen molar-refractivity contribution in [2.45, 2.75) is 25.7 Å². The Morgan fingerprint density at radius 2 is 2.33 bits per heavy atom. The number of halogens is 1. The number of alkyl halides is 1. The Balaban J connectivity index is 0.00000161. The SMILES string of the molecule is CNC[CH-]CN1C2=CC=CCC2CCC2=C1C=ICC2.[U]. The van der Waals surface area contributed by atoms with E-state index in [0.29, 0.717) is 0 Å². The van der Waals surface area contributed by atoms with Crippen LogP contribution in [0, 0.1) is 43.5 Å². The molecule has 1 unspecified atom stereocenters. The van der Waals surface area contributed by atoms with Crippen LogP contribution in [0.4, 0.5) is 0 Å². The molecular formula is C17H24IN2U-. The van der Waals surface area contributed by atoms with Gasteiger partial charge in [-0.25, -0.2) is 0 Å². The fourth-order valence-electron chi connectivity index (χ4n) is 3.28. The fourth-order valence-corrected chi connectivity index (χ4v) is 5.74. The third kappa shape index (κ3) is 4.34. The van der Waals surface area contributed by atoms with Crippen molar-refractivity contribution < 1.29 is 31.1 Å². The van der Waals surface area contributed by atoms with Crippen LogP contribution < -0.4 is 5.32 Å². The molecule has 0 aromatic rings. The van der Waals surface area contributed by atoms with Crippen LogP contribution >= 0.6 is 20.7 Å². The van der Waals surface area contributed by atoms with Crippen molar-refractivity contribution in [3.8, 4) is 0 Å². The predicted molar refractivity (Wildman–Crippen MR) is 96.1 cm³/mol. The van der Waals surface area contributed by atoms with Gasteiger partial charge in [-0.05, 0) is 52.8 Å². The number of rotatable bonds is 4. The molecule has 3 rings (SSSR count). The topological polar surface area (TPSA) is 15.3 Å². The number of hydrogen-bond donors (Lipinski definition) is 1. The predicted octanol–water partition coefficient (Wildman–Crippen LogP) is 3.40. The van der Waals surface area contributed by atoms with E-state index in [-0.39, 0.29) is 51.8 Å². The van der Waals surface area contributed by atoms with Gasteiger partial charge in [-0.2, -0.15) is 0 Å². The molecule has 1 aliphatic carbocycles. The van der Waals surface area contributed by atoms with Crippen molar-refractivity contribution in [2.24, 2.45) is 5.92 Å². The smallest absolute Gasteiger partial charge is 0.0430 e. The Labute approximate surface area is 162 Å². The van der Waals surface area contributed by atoms with Crippen LogP contribution in [-0.2, 0) is 0 Å². The molecule has 1 atom stereocenters. The van der Waals surface area contributed by atoms with Crippen LogP contribution in [-0.4, -0.2) is 33.5 Å². The second-order valence-corrected chi connectivity index (χ2v) is 8.22. The van der Waals surface area contributed by atoms with Crippen LogP contribution in [0.5, 0.6) is 0 Å². The van der Waals surface area contributed by atoms with Crippen molar-refractivity contribution >= 4 is 24.7 Å². The fraction of sp³-hybridized carbons (Fsp3) is 0.529. The van der Waals surface area contributed by atoms with E-state index < -0.39 is 0 Å². The molecule has 0 radical (unpaired) electrons. The van der Waals surface area contributed by atoms with E-state index in [2.05, 4.69) is 38.9 Å². The van der Waals surface area contributed by atoms with Gasteiger partial charge in [-0.15, -0.1) is 27.3 Å². The molecule has 0 spiro atoms. The molecule has 0 bridgehead atoms. The monoisotopic (exact) mass is 621 g/mol. The van der Waals surface area contributed by atoms with Gasteiger partial charge in [0.2, 0.25) is 0 Å². The molecule has 21 heavy (non-hydrogen) atoms. The molecule has 0 saturated carbocycles. The first kappa shape index (κ1) is 18.0. The van der Waals surface area contributed by atoms with Crippen LogP contribution in [0.25, 0.3) is 0 Å². The zero-order chi connectivity index (χ0) is 13.8. The average molecular weight is 621 g/mol.